The van der Waals surface area contributed by atoms with E-state index < -0.39 is 0 Å². The number of rotatable bonds is 4. The van der Waals surface area contributed by atoms with E-state index >= 15 is 0 Å². The molecule has 1 aliphatic rings. The number of hydrogen-bond donors (Lipinski definition) is 1. The Morgan fingerprint density at radius 2 is 2.10 bits per heavy atom. The van der Waals surface area contributed by atoms with E-state index in [1.807, 2.05) is 6.20 Å². The molecule has 0 saturated heterocycles. The highest BCUT2D eigenvalue weighted by molar-refractivity contribution is 5.21. The summed E-state index contributed by atoms with van der Waals surface area (Å²) in [5, 5.41) is 3.61. The summed E-state index contributed by atoms with van der Waals surface area (Å²) in [5.41, 5.74) is 2.81. The van der Waals surface area contributed by atoms with Crippen LogP contribution in [0.15, 0.2) is 6.20 Å². The Hall–Kier alpha value is -1.00. The van der Waals surface area contributed by atoms with E-state index in [4.69, 9.17) is 4.98 Å². The summed E-state index contributed by atoms with van der Waals surface area (Å²) in [6.45, 7) is 8.58. The molecule has 0 aliphatic heterocycles. The van der Waals surface area contributed by atoms with Gasteiger partial charge in [-0.25, -0.2) is 9.97 Å². The lowest BCUT2D eigenvalue weighted by molar-refractivity contribution is 0.345. The maximum Gasteiger partial charge on any atom is 0.142 e. The van der Waals surface area contributed by atoms with E-state index in [0.29, 0.717) is 5.92 Å². The van der Waals surface area contributed by atoms with Gasteiger partial charge in [0.2, 0.25) is 0 Å². The topological polar surface area (TPSA) is 41.1 Å². The van der Waals surface area contributed by atoms with Gasteiger partial charge in [0.25, 0.3) is 0 Å². The third-order valence-electron chi connectivity index (χ3n) is 3.68. The van der Waals surface area contributed by atoms with Crippen molar-refractivity contribution < 1.29 is 0 Å². The van der Waals surface area contributed by atoms with Crippen molar-refractivity contribution in [2.24, 2.45) is 5.92 Å². The zero-order chi connectivity index (χ0) is 14.8. The zero-order valence-electron chi connectivity index (χ0n) is 13.5. The number of nitrogens with zero attached hydrogens (tertiary/aromatic N) is 3. The molecule has 1 N–H and O–H groups in total. The fraction of sp³-hybridized carbons (Fsp3) is 0.750. The van der Waals surface area contributed by atoms with Crippen molar-refractivity contribution >= 4 is 0 Å². The molecule has 0 spiro atoms. The molecule has 1 aliphatic carbocycles. The van der Waals surface area contributed by atoms with Crippen LogP contribution in [0.1, 0.15) is 44.3 Å². The number of fused-ring (bicyclic) bond motifs is 1. The molecule has 0 aromatic carbocycles. The van der Waals surface area contributed by atoms with Crippen LogP contribution in [0.2, 0.25) is 0 Å². The van der Waals surface area contributed by atoms with Gasteiger partial charge in [-0.05, 0) is 72.2 Å². The standard InChI is InChI=1S/C16H28N4/c1-16(2,3)18-9-12-6-7-14-13(8-12)10-17-15(19-14)11-20(4)5/h10,12,18H,6-9,11H2,1-5H3. The van der Waals surface area contributed by atoms with E-state index in [-0.39, 0.29) is 5.54 Å². The van der Waals surface area contributed by atoms with Crippen LogP contribution in [0.3, 0.4) is 0 Å². The van der Waals surface area contributed by atoms with E-state index in [9.17, 15) is 0 Å². The average Bonchev–Trinajstić information content (AvgIpc) is 2.34. The van der Waals surface area contributed by atoms with Crippen molar-refractivity contribution in [3.8, 4) is 0 Å². The predicted molar refractivity (Wildman–Crippen MR) is 82.7 cm³/mol. The largest absolute Gasteiger partial charge is 0.312 e. The van der Waals surface area contributed by atoms with Gasteiger partial charge in [0, 0.05) is 17.4 Å². The minimum Gasteiger partial charge on any atom is -0.312 e. The Labute approximate surface area is 123 Å². The van der Waals surface area contributed by atoms with Crippen LogP contribution in [0, 0.1) is 5.92 Å². The molecule has 112 valence electrons. The Kier molecular flexibility index (Phi) is 4.76. The van der Waals surface area contributed by atoms with Crippen LogP contribution < -0.4 is 5.32 Å². The first-order valence-corrected chi connectivity index (χ1v) is 7.57. The molecule has 1 aromatic heterocycles. The highest BCUT2D eigenvalue weighted by atomic mass is 15.1. The molecule has 2 rings (SSSR count). The zero-order valence-corrected chi connectivity index (χ0v) is 13.5. The van der Waals surface area contributed by atoms with Gasteiger partial charge in [-0.2, -0.15) is 0 Å². The molecule has 4 heteroatoms. The molecule has 0 fully saturated rings. The fourth-order valence-electron chi connectivity index (χ4n) is 2.61. The van der Waals surface area contributed by atoms with Crippen LogP contribution in [-0.2, 0) is 19.4 Å². The van der Waals surface area contributed by atoms with Crippen molar-refractivity contribution in [2.75, 3.05) is 20.6 Å². The molecule has 1 heterocycles. The number of nitrogens with one attached hydrogen (secondary N) is 1. The molecule has 0 bridgehead atoms. The van der Waals surface area contributed by atoms with Gasteiger partial charge in [0.15, 0.2) is 0 Å². The average molecular weight is 276 g/mol. The van der Waals surface area contributed by atoms with Crippen molar-refractivity contribution in [3.05, 3.63) is 23.3 Å². The Bertz CT molecular complexity index is 448. The molecule has 0 saturated carbocycles. The van der Waals surface area contributed by atoms with Crippen molar-refractivity contribution in [1.29, 1.82) is 0 Å². The molecule has 0 amide bonds. The molecule has 1 aromatic rings. The highest BCUT2D eigenvalue weighted by Crippen LogP contribution is 2.24. The van der Waals surface area contributed by atoms with Crippen molar-refractivity contribution in [2.45, 2.75) is 52.1 Å². The lowest BCUT2D eigenvalue weighted by Crippen LogP contribution is -2.40. The monoisotopic (exact) mass is 276 g/mol. The van der Waals surface area contributed by atoms with Gasteiger partial charge in [0.1, 0.15) is 5.82 Å². The number of hydrogen-bond acceptors (Lipinski definition) is 4. The lowest BCUT2D eigenvalue weighted by Gasteiger charge is -2.28. The molecular weight excluding hydrogens is 248 g/mol. The first kappa shape index (κ1) is 15.4. The number of aryl methyl sites for hydroxylation is 1. The summed E-state index contributed by atoms with van der Waals surface area (Å²) in [5.74, 6) is 1.66. The van der Waals surface area contributed by atoms with E-state index in [1.165, 1.54) is 17.7 Å². The van der Waals surface area contributed by atoms with Crippen molar-refractivity contribution in [1.82, 2.24) is 20.2 Å². The predicted octanol–water partition coefficient (Wildman–Crippen LogP) is 2.03. The lowest BCUT2D eigenvalue weighted by atomic mass is 9.87. The van der Waals surface area contributed by atoms with Crippen LogP contribution in [0.5, 0.6) is 0 Å². The maximum atomic E-state index is 4.72. The molecule has 1 unspecified atom stereocenters. The van der Waals surface area contributed by atoms with Crippen molar-refractivity contribution in [3.63, 3.8) is 0 Å². The highest BCUT2D eigenvalue weighted by Gasteiger charge is 2.22. The first-order valence-electron chi connectivity index (χ1n) is 7.57. The molecule has 4 nitrogen and oxygen atoms in total. The van der Waals surface area contributed by atoms with Crippen LogP contribution in [-0.4, -0.2) is 41.0 Å². The second kappa shape index (κ2) is 6.19. The third-order valence-corrected chi connectivity index (χ3v) is 3.68. The summed E-state index contributed by atoms with van der Waals surface area (Å²) in [6, 6.07) is 0. The first-order chi connectivity index (χ1) is 9.33. The van der Waals surface area contributed by atoms with E-state index in [2.05, 4.69) is 50.1 Å². The molecular formula is C16H28N4. The molecule has 1 atom stereocenters. The summed E-state index contributed by atoms with van der Waals surface area (Å²) < 4.78 is 0. The summed E-state index contributed by atoms with van der Waals surface area (Å²) in [7, 11) is 4.11. The number of aromatic nitrogens is 2. The Balaban J connectivity index is 1.97. The maximum absolute atomic E-state index is 4.72. The van der Waals surface area contributed by atoms with Gasteiger partial charge in [-0.15, -0.1) is 0 Å². The van der Waals surface area contributed by atoms with Gasteiger partial charge in [-0.3, -0.25) is 0 Å². The smallest absolute Gasteiger partial charge is 0.142 e. The second-order valence-electron chi connectivity index (χ2n) is 7.24. The molecule has 0 radical (unpaired) electrons. The van der Waals surface area contributed by atoms with Gasteiger partial charge in [-0.1, -0.05) is 0 Å². The normalized spacial score (nSPS) is 19.2. The molecule has 20 heavy (non-hydrogen) atoms. The minimum atomic E-state index is 0.201. The van der Waals surface area contributed by atoms with Gasteiger partial charge in [0.05, 0.1) is 6.54 Å². The Morgan fingerprint density at radius 3 is 2.75 bits per heavy atom. The van der Waals surface area contributed by atoms with Crippen LogP contribution >= 0.6 is 0 Å². The van der Waals surface area contributed by atoms with E-state index in [1.54, 1.807) is 0 Å². The third kappa shape index (κ3) is 4.53. The van der Waals surface area contributed by atoms with Crippen LogP contribution in [0.25, 0.3) is 0 Å². The van der Waals surface area contributed by atoms with Crippen LogP contribution in [0.4, 0.5) is 0 Å². The summed E-state index contributed by atoms with van der Waals surface area (Å²) in [6.07, 6.45) is 5.48. The van der Waals surface area contributed by atoms with Gasteiger partial charge >= 0.3 is 0 Å². The summed E-state index contributed by atoms with van der Waals surface area (Å²) >= 11 is 0. The minimum absolute atomic E-state index is 0.201. The van der Waals surface area contributed by atoms with E-state index in [0.717, 1.165) is 31.8 Å². The quantitative estimate of drug-likeness (QED) is 0.913. The SMILES string of the molecule is CN(C)Cc1ncc2c(n1)CCC(CNC(C)(C)C)C2. The van der Waals surface area contributed by atoms with Gasteiger partial charge < -0.3 is 10.2 Å². The fourth-order valence-corrected chi connectivity index (χ4v) is 2.61. The Morgan fingerprint density at radius 1 is 1.35 bits per heavy atom. The second-order valence-corrected chi connectivity index (χ2v) is 7.24. The summed E-state index contributed by atoms with van der Waals surface area (Å²) in [4.78, 5) is 11.3.